The highest BCUT2D eigenvalue weighted by Gasteiger charge is 2.03. The highest BCUT2D eigenvalue weighted by molar-refractivity contribution is 5.83. The van der Waals surface area contributed by atoms with Crippen LogP contribution in [-0.4, -0.2) is 19.7 Å². The fraction of sp³-hybridized carbons (Fsp3) is 0.273. The number of ether oxygens (including phenoxy) is 2. The summed E-state index contributed by atoms with van der Waals surface area (Å²) in [5.41, 5.74) is 0.809. The van der Waals surface area contributed by atoms with E-state index in [0.717, 1.165) is 11.3 Å². The molecular formula is C11H13O3. The normalized spacial score (nSPS) is 9.57. The van der Waals surface area contributed by atoms with Gasteiger partial charge in [-0.25, -0.2) is 0 Å². The zero-order valence-electron chi connectivity index (χ0n) is 8.32. The van der Waals surface area contributed by atoms with Crippen molar-refractivity contribution in [2.75, 3.05) is 13.7 Å². The minimum absolute atomic E-state index is 0.322. The summed E-state index contributed by atoms with van der Waals surface area (Å²) < 4.78 is 9.77. The van der Waals surface area contributed by atoms with Crippen LogP contribution in [0.3, 0.4) is 0 Å². The summed E-state index contributed by atoms with van der Waals surface area (Å²) in [6, 6.07) is 7.20. The van der Waals surface area contributed by atoms with E-state index in [1.54, 1.807) is 38.3 Å². The van der Waals surface area contributed by atoms with Gasteiger partial charge in [0.1, 0.15) is 5.75 Å². The molecule has 14 heavy (non-hydrogen) atoms. The van der Waals surface area contributed by atoms with Crippen LogP contribution in [0.5, 0.6) is 5.75 Å². The Kier molecular flexibility index (Phi) is 3.98. The summed E-state index contributed by atoms with van der Waals surface area (Å²) in [6.45, 7) is 2.17. The van der Waals surface area contributed by atoms with Gasteiger partial charge < -0.3 is 9.47 Å². The summed E-state index contributed by atoms with van der Waals surface area (Å²) in [5, 5.41) is 0. The Labute approximate surface area is 83.6 Å². The fourth-order valence-corrected chi connectivity index (χ4v) is 1.02. The molecular weight excluding hydrogens is 180 g/mol. The molecule has 3 nitrogen and oxygen atoms in total. The maximum atomic E-state index is 11.1. The molecule has 3 heteroatoms. The SMILES string of the molecule is CCOC(=O)[CH]c1ccc(OC)cc1. The molecule has 1 rings (SSSR count). The molecule has 0 aliphatic heterocycles. The standard InChI is InChI=1S/C11H13O3/c1-3-14-11(12)8-9-4-6-10(13-2)7-5-9/h4-8H,3H2,1-2H3. The third kappa shape index (κ3) is 3.09. The maximum Gasteiger partial charge on any atom is 0.314 e. The molecule has 0 amide bonds. The molecule has 75 valence electrons. The molecule has 0 heterocycles. The Morgan fingerprint density at radius 1 is 1.36 bits per heavy atom. The molecule has 0 aliphatic carbocycles. The summed E-state index contributed by atoms with van der Waals surface area (Å²) in [4.78, 5) is 11.1. The van der Waals surface area contributed by atoms with Crippen molar-refractivity contribution in [1.29, 1.82) is 0 Å². The van der Waals surface area contributed by atoms with E-state index in [0.29, 0.717) is 6.61 Å². The van der Waals surface area contributed by atoms with E-state index in [1.165, 1.54) is 6.42 Å². The van der Waals surface area contributed by atoms with Gasteiger partial charge in [0.25, 0.3) is 0 Å². The number of hydrogen-bond donors (Lipinski definition) is 0. The summed E-state index contributed by atoms with van der Waals surface area (Å²) >= 11 is 0. The predicted molar refractivity (Wildman–Crippen MR) is 53.0 cm³/mol. The smallest absolute Gasteiger partial charge is 0.314 e. The van der Waals surface area contributed by atoms with Crippen molar-refractivity contribution in [3.8, 4) is 5.75 Å². The van der Waals surface area contributed by atoms with E-state index < -0.39 is 0 Å². The average molecular weight is 193 g/mol. The minimum atomic E-state index is -0.322. The van der Waals surface area contributed by atoms with Crippen molar-refractivity contribution in [2.24, 2.45) is 0 Å². The van der Waals surface area contributed by atoms with Gasteiger partial charge in [0, 0.05) is 0 Å². The van der Waals surface area contributed by atoms with Crippen LogP contribution in [-0.2, 0) is 9.53 Å². The van der Waals surface area contributed by atoms with Crippen molar-refractivity contribution >= 4 is 5.97 Å². The molecule has 0 atom stereocenters. The predicted octanol–water partition coefficient (Wildman–Crippen LogP) is 1.81. The van der Waals surface area contributed by atoms with Crippen molar-refractivity contribution in [3.05, 3.63) is 36.2 Å². The Bertz CT molecular complexity index is 290. The second-order valence-corrected chi connectivity index (χ2v) is 2.67. The van der Waals surface area contributed by atoms with E-state index in [-0.39, 0.29) is 5.97 Å². The van der Waals surface area contributed by atoms with Gasteiger partial charge in [0.05, 0.1) is 20.1 Å². The Morgan fingerprint density at radius 2 is 2.00 bits per heavy atom. The highest BCUT2D eigenvalue weighted by Crippen LogP contribution is 2.12. The van der Waals surface area contributed by atoms with Crippen LogP contribution >= 0.6 is 0 Å². The van der Waals surface area contributed by atoms with Crippen LogP contribution < -0.4 is 4.74 Å². The molecule has 1 aromatic carbocycles. The fourth-order valence-electron chi connectivity index (χ4n) is 1.02. The molecule has 0 N–H and O–H groups in total. The van der Waals surface area contributed by atoms with Crippen LogP contribution in [0.1, 0.15) is 12.5 Å². The molecule has 0 saturated heterocycles. The summed E-state index contributed by atoms with van der Waals surface area (Å²) in [5.74, 6) is 0.448. The quantitative estimate of drug-likeness (QED) is 0.684. The number of carbonyl (C=O) groups excluding carboxylic acids is 1. The highest BCUT2D eigenvalue weighted by atomic mass is 16.5. The third-order valence-electron chi connectivity index (χ3n) is 1.69. The lowest BCUT2D eigenvalue weighted by Crippen LogP contribution is -2.04. The second kappa shape index (κ2) is 5.27. The van der Waals surface area contributed by atoms with Gasteiger partial charge in [-0.05, 0) is 24.6 Å². The Balaban J connectivity index is 2.55. The number of hydrogen-bond acceptors (Lipinski definition) is 3. The number of methoxy groups -OCH3 is 1. The van der Waals surface area contributed by atoms with E-state index in [9.17, 15) is 4.79 Å². The molecule has 1 aromatic rings. The van der Waals surface area contributed by atoms with Crippen LogP contribution in [0.2, 0.25) is 0 Å². The van der Waals surface area contributed by atoms with Gasteiger partial charge in [0.2, 0.25) is 0 Å². The van der Waals surface area contributed by atoms with Crippen molar-refractivity contribution in [1.82, 2.24) is 0 Å². The lowest BCUT2D eigenvalue weighted by molar-refractivity contribution is -0.138. The van der Waals surface area contributed by atoms with Crippen molar-refractivity contribution in [3.63, 3.8) is 0 Å². The summed E-state index contributed by atoms with van der Waals surface area (Å²) in [7, 11) is 1.60. The minimum Gasteiger partial charge on any atom is -0.497 e. The van der Waals surface area contributed by atoms with Gasteiger partial charge >= 0.3 is 5.97 Å². The first-order chi connectivity index (χ1) is 6.76. The Hall–Kier alpha value is -1.51. The number of carbonyl (C=O) groups is 1. The van der Waals surface area contributed by atoms with E-state index in [2.05, 4.69) is 0 Å². The number of rotatable bonds is 4. The monoisotopic (exact) mass is 193 g/mol. The first-order valence-electron chi connectivity index (χ1n) is 4.42. The molecule has 0 aromatic heterocycles. The molecule has 0 fully saturated rings. The van der Waals surface area contributed by atoms with Gasteiger partial charge in [0.15, 0.2) is 0 Å². The molecule has 0 saturated carbocycles. The molecule has 0 bridgehead atoms. The maximum absolute atomic E-state index is 11.1. The first-order valence-corrected chi connectivity index (χ1v) is 4.42. The van der Waals surface area contributed by atoms with Crippen LogP contribution in [0.15, 0.2) is 24.3 Å². The molecule has 0 aliphatic rings. The molecule has 0 spiro atoms. The average Bonchev–Trinajstić information content (AvgIpc) is 2.19. The zero-order valence-corrected chi connectivity index (χ0v) is 8.32. The molecule has 0 unspecified atom stereocenters. The van der Waals surface area contributed by atoms with Gasteiger partial charge in [-0.3, -0.25) is 4.79 Å². The van der Waals surface area contributed by atoms with Crippen LogP contribution in [0, 0.1) is 6.42 Å². The van der Waals surface area contributed by atoms with Crippen molar-refractivity contribution in [2.45, 2.75) is 6.92 Å². The van der Waals surface area contributed by atoms with Gasteiger partial charge in [-0.1, -0.05) is 12.1 Å². The number of benzene rings is 1. The Morgan fingerprint density at radius 3 is 2.50 bits per heavy atom. The van der Waals surface area contributed by atoms with E-state index >= 15 is 0 Å². The zero-order chi connectivity index (χ0) is 10.4. The van der Waals surface area contributed by atoms with E-state index in [4.69, 9.17) is 9.47 Å². The second-order valence-electron chi connectivity index (χ2n) is 2.67. The van der Waals surface area contributed by atoms with Crippen LogP contribution in [0.4, 0.5) is 0 Å². The first kappa shape index (κ1) is 10.6. The van der Waals surface area contributed by atoms with Crippen molar-refractivity contribution < 1.29 is 14.3 Å². The van der Waals surface area contributed by atoms with Gasteiger partial charge in [-0.2, -0.15) is 0 Å². The summed E-state index contributed by atoms with van der Waals surface area (Å²) in [6.07, 6.45) is 1.45. The lowest BCUT2D eigenvalue weighted by atomic mass is 10.1. The number of esters is 1. The van der Waals surface area contributed by atoms with Gasteiger partial charge in [-0.15, -0.1) is 0 Å². The topological polar surface area (TPSA) is 35.5 Å². The molecule has 1 radical (unpaired) electrons. The lowest BCUT2D eigenvalue weighted by Gasteiger charge is -2.02. The van der Waals surface area contributed by atoms with Crippen LogP contribution in [0.25, 0.3) is 0 Å². The van der Waals surface area contributed by atoms with E-state index in [1.807, 2.05) is 0 Å². The largest absolute Gasteiger partial charge is 0.497 e. The third-order valence-corrected chi connectivity index (χ3v) is 1.69.